The maximum atomic E-state index is 11.5. The number of allylic oxidation sites excluding steroid dienone is 2. The minimum atomic E-state index is -0.0586. The van der Waals surface area contributed by atoms with Gasteiger partial charge < -0.3 is 5.11 Å². The highest BCUT2D eigenvalue weighted by molar-refractivity contribution is 5.90. The van der Waals surface area contributed by atoms with E-state index in [1.807, 2.05) is 41.5 Å². The second-order valence-corrected chi connectivity index (χ2v) is 6.55. The summed E-state index contributed by atoms with van der Waals surface area (Å²) >= 11 is 0. The molecule has 0 heterocycles. The highest BCUT2D eigenvalue weighted by atomic mass is 16.3. The average molecular weight is 211 g/mol. The predicted octanol–water partition coefficient (Wildman–Crippen LogP) is 2.67. The van der Waals surface area contributed by atoms with Crippen LogP contribution in [0.25, 0.3) is 0 Å². The van der Waals surface area contributed by atoms with Gasteiger partial charge in [0.2, 0.25) is 0 Å². The molecule has 0 aliphatic carbocycles. The molecular weight excluding hydrogens is 188 g/mol. The summed E-state index contributed by atoms with van der Waals surface area (Å²) in [5.74, 6) is -0.117. The van der Waals surface area contributed by atoms with E-state index < -0.39 is 0 Å². The molecule has 0 fully saturated rings. The van der Waals surface area contributed by atoms with Crippen molar-refractivity contribution in [1.82, 2.24) is 0 Å². The molecule has 0 aromatic carbocycles. The molecule has 0 aromatic rings. The van der Waals surface area contributed by atoms with Gasteiger partial charge in [0, 0.05) is 6.42 Å². The Kier molecular flexibility index (Phi) is 4.57. The van der Waals surface area contributed by atoms with Crippen molar-refractivity contribution in [2.45, 2.75) is 54.4 Å². The Balaban J connectivity index is 4.31. The standard InChI is InChI=1S/C13H24O2/c1-12(2,3)8-10(14)7-11(15)9-13(4,5)6/h7,14H,8-9H2,1-6H3/p-1/b10-7-. The molecule has 0 bridgehead atoms. The third kappa shape index (κ3) is 9.51. The lowest BCUT2D eigenvalue weighted by atomic mass is 9.88. The third-order valence-electron chi connectivity index (χ3n) is 1.73. The monoisotopic (exact) mass is 211 g/mol. The van der Waals surface area contributed by atoms with E-state index in [0.717, 1.165) is 0 Å². The van der Waals surface area contributed by atoms with Crippen LogP contribution in [0.1, 0.15) is 54.4 Å². The van der Waals surface area contributed by atoms with E-state index in [0.29, 0.717) is 12.8 Å². The fraction of sp³-hybridized carbons (Fsp3) is 0.769. The van der Waals surface area contributed by atoms with E-state index in [4.69, 9.17) is 0 Å². The zero-order valence-electron chi connectivity index (χ0n) is 10.8. The van der Waals surface area contributed by atoms with Crippen molar-refractivity contribution < 1.29 is 9.90 Å². The molecule has 0 radical (unpaired) electrons. The number of rotatable bonds is 3. The number of hydrogen-bond donors (Lipinski definition) is 0. The molecule has 0 atom stereocenters. The minimum absolute atomic E-state index is 0.0460. The van der Waals surface area contributed by atoms with Gasteiger partial charge in [-0.1, -0.05) is 41.5 Å². The summed E-state index contributed by atoms with van der Waals surface area (Å²) in [7, 11) is 0. The van der Waals surface area contributed by atoms with Gasteiger partial charge in [-0.15, -0.1) is 5.76 Å². The molecule has 0 N–H and O–H groups in total. The molecule has 0 aliphatic heterocycles. The molecular formula is C13H23O2-. The molecule has 0 spiro atoms. The lowest BCUT2D eigenvalue weighted by molar-refractivity contribution is -0.309. The van der Waals surface area contributed by atoms with Gasteiger partial charge in [0.15, 0.2) is 5.78 Å². The van der Waals surface area contributed by atoms with Crippen LogP contribution in [0.4, 0.5) is 0 Å². The average Bonchev–Trinajstić information content (AvgIpc) is 1.73. The van der Waals surface area contributed by atoms with E-state index in [1.165, 1.54) is 6.08 Å². The van der Waals surface area contributed by atoms with E-state index >= 15 is 0 Å². The predicted molar refractivity (Wildman–Crippen MR) is 61.2 cm³/mol. The van der Waals surface area contributed by atoms with Gasteiger partial charge in [0.05, 0.1) is 0 Å². The fourth-order valence-electron chi connectivity index (χ4n) is 1.33. The zero-order chi connectivity index (χ0) is 12.3. The van der Waals surface area contributed by atoms with Crippen molar-refractivity contribution in [3.05, 3.63) is 11.8 Å². The maximum Gasteiger partial charge on any atom is 0.155 e. The third-order valence-corrected chi connectivity index (χ3v) is 1.73. The van der Waals surface area contributed by atoms with Crippen molar-refractivity contribution in [2.24, 2.45) is 10.8 Å². The second-order valence-electron chi connectivity index (χ2n) is 6.55. The van der Waals surface area contributed by atoms with Gasteiger partial charge in [0.25, 0.3) is 0 Å². The molecule has 2 nitrogen and oxygen atoms in total. The SMILES string of the molecule is CC(C)(C)CC(=O)/C=C(\[O-])CC(C)(C)C. The van der Waals surface area contributed by atoms with Crippen molar-refractivity contribution in [3.8, 4) is 0 Å². The Morgan fingerprint density at radius 2 is 1.40 bits per heavy atom. The van der Waals surface area contributed by atoms with Gasteiger partial charge in [-0.2, -0.15) is 0 Å². The number of carbonyl (C=O) groups is 1. The van der Waals surface area contributed by atoms with Crippen LogP contribution in [0, 0.1) is 10.8 Å². The van der Waals surface area contributed by atoms with Crippen LogP contribution in [0.2, 0.25) is 0 Å². The van der Waals surface area contributed by atoms with E-state index in [2.05, 4.69) is 0 Å². The van der Waals surface area contributed by atoms with Gasteiger partial charge in [-0.25, -0.2) is 0 Å². The topological polar surface area (TPSA) is 40.1 Å². The second kappa shape index (κ2) is 4.82. The van der Waals surface area contributed by atoms with Crippen LogP contribution in [-0.4, -0.2) is 5.78 Å². The van der Waals surface area contributed by atoms with Gasteiger partial charge in [0.1, 0.15) is 0 Å². The number of carbonyl (C=O) groups excluding carboxylic acids is 1. The van der Waals surface area contributed by atoms with E-state index in [-0.39, 0.29) is 22.4 Å². The number of hydrogen-bond acceptors (Lipinski definition) is 2. The Labute approximate surface area is 93.4 Å². The summed E-state index contributed by atoms with van der Waals surface area (Å²) in [4.78, 5) is 11.5. The molecule has 0 saturated carbocycles. The molecule has 0 aliphatic rings. The molecule has 88 valence electrons. The summed E-state index contributed by atoms with van der Waals surface area (Å²) in [6.45, 7) is 12.0. The van der Waals surface area contributed by atoms with Crippen LogP contribution in [-0.2, 0) is 4.79 Å². The van der Waals surface area contributed by atoms with Crippen molar-refractivity contribution in [1.29, 1.82) is 0 Å². The summed E-state index contributed by atoms with van der Waals surface area (Å²) in [5.41, 5.74) is -0.0921. The molecule has 0 saturated heterocycles. The molecule has 0 unspecified atom stereocenters. The first kappa shape index (κ1) is 14.2. The van der Waals surface area contributed by atoms with Crippen LogP contribution >= 0.6 is 0 Å². The first-order valence-electron chi connectivity index (χ1n) is 5.40. The smallest absolute Gasteiger partial charge is 0.155 e. The highest BCUT2D eigenvalue weighted by Gasteiger charge is 2.14. The van der Waals surface area contributed by atoms with Crippen molar-refractivity contribution >= 4 is 5.78 Å². The Morgan fingerprint density at radius 3 is 1.73 bits per heavy atom. The lowest BCUT2D eigenvalue weighted by Crippen LogP contribution is -2.17. The van der Waals surface area contributed by atoms with Gasteiger partial charge in [-0.05, 0) is 23.3 Å². The summed E-state index contributed by atoms with van der Waals surface area (Å²) in [6, 6.07) is 0. The largest absolute Gasteiger partial charge is 0.875 e. The first-order chi connectivity index (χ1) is 6.49. The Bertz CT molecular complexity index is 249. The Morgan fingerprint density at radius 1 is 1.00 bits per heavy atom. The summed E-state index contributed by atoms with van der Waals surface area (Å²) < 4.78 is 0. The van der Waals surface area contributed by atoms with E-state index in [1.54, 1.807) is 0 Å². The minimum Gasteiger partial charge on any atom is -0.875 e. The van der Waals surface area contributed by atoms with Gasteiger partial charge >= 0.3 is 0 Å². The van der Waals surface area contributed by atoms with Crippen LogP contribution in [0.15, 0.2) is 11.8 Å². The van der Waals surface area contributed by atoms with E-state index in [9.17, 15) is 9.90 Å². The first-order valence-corrected chi connectivity index (χ1v) is 5.40. The zero-order valence-corrected chi connectivity index (χ0v) is 10.8. The molecule has 0 amide bonds. The van der Waals surface area contributed by atoms with Crippen molar-refractivity contribution in [2.75, 3.05) is 0 Å². The summed E-state index contributed by atoms with van der Waals surface area (Å²) in [6.07, 6.45) is 2.13. The quantitative estimate of drug-likeness (QED) is 0.532. The highest BCUT2D eigenvalue weighted by Crippen LogP contribution is 2.23. The van der Waals surface area contributed by atoms with Gasteiger partial charge in [-0.3, -0.25) is 4.79 Å². The van der Waals surface area contributed by atoms with Crippen LogP contribution < -0.4 is 5.11 Å². The number of ketones is 1. The fourth-order valence-corrected chi connectivity index (χ4v) is 1.33. The van der Waals surface area contributed by atoms with Crippen LogP contribution in [0.5, 0.6) is 0 Å². The molecule has 15 heavy (non-hydrogen) atoms. The Hall–Kier alpha value is -0.790. The molecule has 0 aromatic heterocycles. The molecule has 2 heteroatoms. The normalized spacial score (nSPS) is 14.1. The lowest BCUT2D eigenvalue weighted by Gasteiger charge is -2.24. The summed E-state index contributed by atoms with van der Waals surface area (Å²) in [5, 5.41) is 11.5. The molecule has 0 rings (SSSR count). The maximum absolute atomic E-state index is 11.5. The van der Waals surface area contributed by atoms with Crippen LogP contribution in [0.3, 0.4) is 0 Å². The van der Waals surface area contributed by atoms with Crippen molar-refractivity contribution in [3.63, 3.8) is 0 Å².